The Bertz CT molecular complexity index is 914. The lowest BCUT2D eigenvalue weighted by molar-refractivity contribution is 0.104. The average Bonchev–Trinajstić information content (AvgIpc) is 2.98. The molecule has 0 aliphatic heterocycles. The van der Waals surface area contributed by atoms with Crippen molar-refractivity contribution in [2.75, 3.05) is 17.7 Å². The minimum absolute atomic E-state index is 0.00614. The van der Waals surface area contributed by atoms with Crippen LogP contribution in [0.5, 0.6) is 0 Å². The number of aryl methyl sites for hydroxylation is 1. The van der Waals surface area contributed by atoms with Crippen molar-refractivity contribution in [2.24, 2.45) is 0 Å². The van der Waals surface area contributed by atoms with Crippen molar-refractivity contribution in [3.63, 3.8) is 0 Å². The number of ketones is 1. The molecule has 22 heavy (non-hydrogen) atoms. The first-order valence-electron chi connectivity index (χ1n) is 7.09. The van der Waals surface area contributed by atoms with Gasteiger partial charge in [0, 0.05) is 29.2 Å². The molecule has 4 nitrogen and oxygen atoms in total. The van der Waals surface area contributed by atoms with Crippen molar-refractivity contribution in [2.45, 2.75) is 6.92 Å². The molecule has 3 aromatic rings. The second-order valence-electron chi connectivity index (χ2n) is 5.34. The van der Waals surface area contributed by atoms with E-state index in [4.69, 9.17) is 16.1 Å². The van der Waals surface area contributed by atoms with Crippen molar-refractivity contribution < 1.29 is 9.32 Å². The number of hydrogen-bond donors (Lipinski definition) is 1. The molecule has 0 spiro atoms. The van der Waals surface area contributed by atoms with Crippen LogP contribution in [0.2, 0.25) is 0 Å². The van der Waals surface area contributed by atoms with Crippen molar-refractivity contribution in [1.82, 2.24) is 5.16 Å². The Morgan fingerprint density at radius 3 is 2.82 bits per heavy atom. The Hall–Kier alpha value is -2.33. The number of hydrogen-bond acceptors (Lipinski definition) is 4. The van der Waals surface area contributed by atoms with Gasteiger partial charge in [0.1, 0.15) is 5.52 Å². The molecule has 0 fully saturated rings. The van der Waals surface area contributed by atoms with Gasteiger partial charge in [-0.15, -0.1) is 11.6 Å². The van der Waals surface area contributed by atoms with Gasteiger partial charge in [-0.25, -0.2) is 0 Å². The molecule has 1 aliphatic carbocycles. The van der Waals surface area contributed by atoms with Gasteiger partial charge in [-0.2, -0.15) is 0 Å². The number of benzene rings is 2. The Labute approximate surface area is 132 Å². The van der Waals surface area contributed by atoms with Gasteiger partial charge in [-0.05, 0) is 18.6 Å². The lowest BCUT2D eigenvalue weighted by Gasteiger charge is -2.18. The summed E-state index contributed by atoms with van der Waals surface area (Å²) in [7, 11) is 0. The number of halogens is 1. The van der Waals surface area contributed by atoms with Crippen LogP contribution < -0.4 is 5.32 Å². The van der Waals surface area contributed by atoms with Crippen LogP contribution in [0.4, 0.5) is 5.69 Å². The number of fused-ring (bicyclic) bond motifs is 2. The number of anilines is 1. The molecule has 0 saturated heterocycles. The van der Waals surface area contributed by atoms with Crippen LogP contribution in [-0.2, 0) is 0 Å². The van der Waals surface area contributed by atoms with Crippen LogP contribution in [0.25, 0.3) is 22.2 Å². The van der Waals surface area contributed by atoms with E-state index in [9.17, 15) is 4.79 Å². The Kier molecular flexibility index (Phi) is 2.94. The molecule has 1 N–H and O–H groups in total. The molecule has 0 unspecified atom stereocenters. The van der Waals surface area contributed by atoms with E-state index in [0.717, 1.165) is 27.7 Å². The van der Waals surface area contributed by atoms with Crippen molar-refractivity contribution in [3.8, 4) is 11.3 Å². The highest BCUT2D eigenvalue weighted by Crippen LogP contribution is 2.43. The molecule has 1 aliphatic rings. The van der Waals surface area contributed by atoms with Crippen LogP contribution in [0, 0.1) is 6.92 Å². The molecular weight excluding hydrogens is 300 g/mol. The number of rotatable bonds is 3. The molecule has 0 bridgehead atoms. The third-order valence-electron chi connectivity index (χ3n) is 4.00. The van der Waals surface area contributed by atoms with E-state index < -0.39 is 0 Å². The standard InChI is InChI=1S/C17H13ClN2O2/c1-9-8-12(19-7-6-18)13-14-15(9)20-22-17(14)11-5-3-2-4-10(11)16(13)21/h2-5,8,19H,6-7H2,1H3. The Morgan fingerprint density at radius 2 is 2.05 bits per heavy atom. The molecule has 0 saturated carbocycles. The van der Waals surface area contributed by atoms with Crippen LogP contribution in [-0.4, -0.2) is 23.4 Å². The van der Waals surface area contributed by atoms with E-state index in [-0.39, 0.29) is 5.78 Å². The normalized spacial score (nSPS) is 12.5. The van der Waals surface area contributed by atoms with Gasteiger partial charge in [0.2, 0.25) is 0 Å². The Morgan fingerprint density at radius 1 is 1.27 bits per heavy atom. The third kappa shape index (κ3) is 1.70. The van der Waals surface area contributed by atoms with Crippen LogP contribution in [0.1, 0.15) is 21.5 Å². The minimum Gasteiger partial charge on any atom is -0.383 e. The largest absolute Gasteiger partial charge is 0.383 e. The molecule has 0 radical (unpaired) electrons. The highest BCUT2D eigenvalue weighted by atomic mass is 35.5. The lowest BCUT2D eigenvalue weighted by atomic mass is 9.86. The van der Waals surface area contributed by atoms with E-state index in [1.54, 1.807) is 0 Å². The molecule has 2 aromatic carbocycles. The summed E-state index contributed by atoms with van der Waals surface area (Å²) in [4.78, 5) is 12.9. The maximum Gasteiger partial charge on any atom is 0.196 e. The van der Waals surface area contributed by atoms with Crippen LogP contribution >= 0.6 is 11.6 Å². The van der Waals surface area contributed by atoms with Gasteiger partial charge >= 0.3 is 0 Å². The molecule has 0 atom stereocenters. The summed E-state index contributed by atoms with van der Waals surface area (Å²) >= 11 is 5.77. The predicted octanol–water partition coefficient (Wildman–Crippen LogP) is 4.00. The van der Waals surface area contributed by atoms with Crippen molar-refractivity contribution in [1.29, 1.82) is 0 Å². The number of alkyl halides is 1. The number of nitrogens with zero attached hydrogens (tertiary/aromatic N) is 1. The van der Waals surface area contributed by atoms with Gasteiger partial charge in [-0.3, -0.25) is 4.79 Å². The van der Waals surface area contributed by atoms with Gasteiger partial charge in [0.15, 0.2) is 11.5 Å². The quantitative estimate of drug-likeness (QED) is 0.581. The van der Waals surface area contributed by atoms with Gasteiger partial charge < -0.3 is 9.84 Å². The zero-order valence-corrected chi connectivity index (χ0v) is 12.7. The summed E-state index contributed by atoms with van der Waals surface area (Å²) in [6, 6.07) is 9.40. The topological polar surface area (TPSA) is 55.1 Å². The fourth-order valence-corrected chi connectivity index (χ4v) is 3.13. The second kappa shape index (κ2) is 4.85. The summed E-state index contributed by atoms with van der Waals surface area (Å²) in [6.07, 6.45) is 0. The Balaban J connectivity index is 2.09. The second-order valence-corrected chi connectivity index (χ2v) is 5.72. The van der Waals surface area contributed by atoms with E-state index in [0.29, 0.717) is 29.3 Å². The smallest absolute Gasteiger partial charge is 0.196 e. The van der Waals surface area contributed by atoms with Crippen LogP contribution in [0.15, 0.2) is 34.9 Å². The zero-order chi connectivity index (χ0) is 15.3. The summed E-state index contributed by atoms with van der Waals surface area (Å²) in [5, 5.41) is 8.19. The molecule has 1 aromatic heterocycles. The summed E-state index contributed by atoms with van der Waals surface area (Å²) in [5.74, 6) is 1.13. The number of nitrogens with one attached hydrogen (secondary N) is 1. The fourth-order valence-electron chi connectivity index (χ4n) is 3.04. The number of carbonyl (C=O) groups is 1. The SMILES string of the molecule is Cc1cc(NCCCl)c2c3c(onc13)-c1ccccc1C2=O. The van der Waals surface area contributed by atoms with E-state index in [2.05, 4.69) is 10.5 Å². The van der Waals surface area contributed by atoms with E-state index in [1.807, 2.05) is 37.3 Å². The number of carbonyl (C=O) groups excluding carboxylic acids is 1. The minimum atomic E-state index is -0.00614. The molecular formula is C17H13ClN2O2. The monoisotopic (exact) mass is 312 g/mol. The average molecular weight is 313 g/mol. The summed E-state index contributed by atoms with van der Waals surface area (Å²) in [6.45, 7) is 2.55. The highest BCUT2D eigenvalue weighted by molar-refractivity contribution is 6.27. The van der Waals surface area contributed by atoms with Crippen molar-refractivity contribution >= 4 is 34.0 Å². The zero-order valence-electron chi connectivity index (χ0n) is 11.9. The number of aromatic nitrogens is 1. The molecule has 5 heteroatoms. The first-order chi connectivity index (χ1) is 10.7. The van der Waals surface area contributed by atoms with E-state index in [1.165, 1.54) is 0 Å². The molecule has 0 amide bonds. The lowest BCUT2D eigenvalue weighted by Crippen LogP contribution is -2.14. The van der Waals surface area contributed by atoms with Crippen molar-refractivity contribution in [3.05, 3.63) is 47.0 Å². The first kappa shape index (κ1) is 13.3. The molecule has 110 valence electrons. The highest BCUT2D eigenvalue weighted by Gasteiger charge is 2.31. The third-order valence-corrected chi connectivity index (χ3v) is 4.19. The van der Waals surface area contributed by atoms with Gasteiger partial charge in [-0.1, -0.05) is 29.4 Å². The maximum atomic E-state index is 12.9. The van der Waals surface area contributed by atoms with E-state index >= 15 is 0 Å². The molecule has 4 rings (SSSR count). The first-order valence-corrected chi connectivity index (χ1v) is 7.62. The maximum absolute atomic E-state index is 12.9. The fraction of sp³-hybridized carbons (Fsp3) is 0.176. The van der Waals surface area contributed by atoms with Crippen LogP contribution in [0.3, 0.4) is 0 Å². The van der Waals surface area contributed by atoms with Gasteiger partial charge in [0.05, 0.1) is 10.9 Å². The van der Waals surface area contributed by atoms with Gasteiger partial charge in [0.25, 0.3) is 0 Å². The summed E-state index contributed by atoms with van der Waals surface area (Å²) in [5.41, 5.74) is 4.57. The molecule has 1 heterocycles. The summed E-state index contributed by atoms with van der Waals surface area (Å²) < 4.78 is 5.56. The predicted molar refractivity (Wildman–Crippen MR) is 86.8 cm³/mol.